The summed E-state index contributed by atoms with van der Waals surface area (Å²) in [5.41, 5.74) is 0. The molecule has 5 heteroatoms. The number of rotatable bonds is 4. The smallest absolute Gasteiger partial charge is 0.133 e. The molecule has 1 atom stereocenters. The van der Waals surface area contributed by atoms with Gasteiger partial charge in [-0.3, -0.25) is 0 Å². The highest BCUT2D eigenvalue weighted by Gasteiger charge is 2.09. The average molecular weight is 291 g/mol. The van der Waals surface area contributed by atoms with Crippen molar-refractivity contribution in [1.29, 1.82) is 0 Å². The zero-order valence-electron chi connectivity index (χ0n) is 9.07. The second-order valence-electron chi connectivity index (χ2n) is 3.65. The van der Waals surface area contributed by atoms with Crippen molar-refractivity contribution >= 4 is 27.7 Å². The fourth-order valence-corrected chi connectivity index (χ4v) is 2.34. The number of hydrogen-bond donors (Lipinski definition) is 1. The summed E-state index contributed by atoms with van der Waals surface area (Å²) in [5.74, 6) is 1.14. The maximum atomic E-state index is 8.97. The van der Waals surface area contributed by atoms with Crippen molar-refractivity contribution in [2.45, 2.75) is 37.0 Å². The van der Waals surface area contributed by atoms with E-state index in [1.165, 1.54) is 0 Å². The highest BCUT2D eigenvalue weighted by atomic mass is 79.9. The first-order valence-corrected chi connectivity index (χ1v) is 6.52. The third-order valence-electron chi connectivity index (χ3n) is 1.78. The molecule has 0 aliphatic heterocycles. The number of hydrogen-bond acceptors (Lipinski definition) is 4. The predicted molar refractivity (Wildman–Crippen MR) is 66.2 cm³/mol. The summed E-state index contributed by atoms with van der Waals surface area (Å²) in [4.78, 5) is 8.73. The quantitative estimate of drug-likeness (QED) is 0.684. The van der Waals surface area contributed by atoms with E-state index in [0.29, 0.717) is 5.92 Å². The summed E-state index contributed by atoms with van der Waals surface area (Å²) < 4.78 is 0.800. The minimum atomic E-state index is 0.156. The molecule has 0 aromatic carbocycles. The fraction of sp³-hybridized carbons (Fsp3) is 0.600. The van der Waals surface area contributed by atoms with Gasteiger partial charge < -0.3 is 5.11 Å². The topological polar surface area (TPSA) is 46.0 Å². The van der Waals surface area contributed by atoms with Crippen molar-refractivity contribution in [1.82, 2.24) is 9.97 Å². The average Bonchev–Trinajstić information content (AvgIpc) is 2.16. The second kappa shape index (κ2) is 5.82. The lowest BCUT2D eigenvalue weighted by molar-refractivity contribution is 0.300. The molecule has 0 fully saturated rings. The van der Waals surface area contributed by atoms with E-state index >= 15 is 0 Å². The zero-order valence-corrected chi connectivity index (χ0v) is 11.5. The molecule has 1 aromatic heterocycles. The van der Waals surface area contributed by atoms with Gasteiger partial charge in [-0.25, -0.2) is 9.97 Å². The molecule has 1 N–H and O–H groups in total. The number of aromatic nitrogens is 2. The van der Waals surface area contributed by atoms with Crippen LogP contribution >= 0.6 is 27.7 Å². The van der Waals surface area contributed by atoms with Crippen LogP contribution in [0.1, 0.15) is 32.5 Å². The van der Waals surface area contributed by atoms with Gasteiger partial charge in [-0.15, -0.1) is 11.8 Å². The van der Waals surface area contributed by atoms with Crippen LogP contribution < -0.4 is 0 Å². The van der Waals surface area contributed by atoms with Crippen LogP contribution in [0.5, 0.6) is 0 Å². The Hall–Kier alpha value is -0.130. The van der Waals surface area contributed by atoms with Gasteiger partial charge in [0, 0.05) is 17.2 Å². The molecule has 0 saturated heterocycles. The molecule has 84 valence electrons. The molecule has 3 nitrogen and oxygen atoms in total. The lowest BCUT2D eigenvalue weighted by Crippen LogP contribution is -2.04. The Labute approximate surface area is 103 Å². The first kappa shape index (κ1) is 12.9. The van der Waals surface area contributed by atoms with Crippen LogP contribution in [0.15, 0.2) is 15.7 Å². The summed E-state index contributed by atoms with van der Waals surface area (Å²) >= 11 is 4.92. The minimum absolute atomic E-state index is 0.156. The van der Waals surface area contributed by atoms with E-state index in [1.807, 2.05) is 13.0 Å². The lowest BCUT2D eigenvalue weighted by atomic mass is 10.2. The summed E-state index contributed by atoms with van der Waals surface area (Å²) in [7, 11) is 0. The van der Waals surface area contributed by atoms with E-state index in [0.717, 1.165) is 15.5 Å². The summed E-state index contributed by atoms with van der Waals surface area (Å²) in [6, 6.07) is 1.88. The number of nitrogens with zero attached hydrogens (tertiary/aromatic N) is 2. The molecule has 1 rings (SSSR count). The molecule has 1 aromatic rings. The van der Waals surface area contributed by atoms with Gasteiger partial charge in [0.1, 0.15) is 15.5 Å². The highest BCUT2D eigenvalue weighted by molar-refractivity contribution is 9.10. The summed E-state index contributed by atoms with van der Waals surface area (Å²) in [5, 5.41) is 10.0. The Morgan fingerprint density at radius 2 is 2.07 bits per heavy atom. The van der Waals surface area contributed by atoms with Gasteiger partial charge in [-0.05, 0) is 15.9 Å². The third-order valence-corrected chi connectivity index (χ3v) is 3.19. The molecule has 0 spiro atoms. The van der Waals surface area contributed by atoms with E-state index in [1.54, 1.807) is 11.8 Å². The SMILES string of the molecule is CC(CO)Sc1cc(Br)nc(C(C)C)n1. The Balaban J connectivity index is 2.88. The van der Waals surface area contributed by atoms with Crippen molar-refractivity contribution in [2.75, 3.05) is 6.61 Å². The van der Waals surface area contributed by atoms with Gasteiger partial charge >= 0.3 is 0 Å². The molecular formula is C10H15BrN2OS. The van der Waals surface area contributed by atoms with Crippen molar-refractivity contribution in [3.05, 3.63) is 16.5 Å². The first-order chi connectivity index (χ1) is 7.02. The van der Waals surface area contributed by atoms with Gasteiger partial charge in [-0.2, -0.15) is 0 Å². The van der Waals surface area contributed by atoms with Crippen LogP contribution in [0, 0.1) is 0 Å². The predicted octanol–water partition coefficient (Wildman–Crippen LogP) is 2.84. The molecular weight excluding hydrogens is 276 g/mol. The highest BCUT2D eigenvalue weighted by Crippen LogP contribution is 2.24. The van der Waals surface area contributed by atoms with Crippen molar-refractivity contribution in [2.24, 2.45) is 0 Å². The Morgan fingerprint density at radius 1 is 1.40 bits per heavy atom. The molecule has 0 aliphatic carbocycles. The van der Waals surface area contributed by atoms with Gasteiger partial charge in [-0.1, -0.05) is 20.8 Å². The first-order valence-electron chi connectivity index (χ1n) is 4.85. The van der Waals surface area contributed by atoms with Gasteiger partial charge in [0.15, 0.2) is 0 Å². The van der Waals surface area contributed by atoms with Crippen LogP contribution in [0.3, 0.4) is 0 Å². The van der Waals surface area contributed by atoms with Crippen LogP contribution in [-0.4, -0.2) is 26.9 Å². The maximum Gasteiger partial charge on any atom is 0.133 e. The van der Waals surface area contributed by atoms with Crippen LogP contribution in [0.4, 0.5) is 0 Å². The van der Waals surface area contributed by atoms with Gasteiger partial charge in [0.05, 0.1) is 6.61 Å². The summed E-state index contributed by atoms with van der Waals surface area (Å²) in [6.45, 7) is 6.25. The van der Waals surface area contributed by atoms with Crippen LogP contribution in [0.25, 0.3) is 0 Å². The largest absolute Gasteiger partial charge is 0.395 e. The molecule has 1 heterocycles. The van der Waals surface area contributed by atoms with Crippen molar-refractivity contribution in [3.8, 4) is 0 Å². The standard InChI is InChI=1S/C10H15BrN2OS/c1-6(2)10-12-8(11)4-9(13-10)15-7(3)5-14/h4,6-7,14H,5H2,1-3H3. The third kappa shape index (κ3) is 4.09. The second-order valence-corrected chi connectivity index (χ2v) is 5.92. The molecule has 0 bridgehead atoms. The van der Waals surface area contributed by atoms with E-state index in [2.05, 4.69) is 39.7 Å². The summed E-state index contributed by atoms with van der Waals surface area (Å²) in [6.07, 6.45) is 0. The van der Waals surface area contributed by atoms with E-state index in [9.17, 15) is 0 Å². The molecule has 15 heavy (non-hydrogen) atoms. The van der Waals surface area contributed by atoms with Crippen molar-refractivity contribution < 1.29 is 5.11 Å². The van der Waals surface area contributed by atoms with Crippen LogP contribution in [0.2, 0.25) is 0 Å². The van der Waals surface area contributed by atoms with Crippen molar-refractivity contribution in [3.63, 3.8) is 0 Å². The van der Waals surface area contributed by atoms with E-state index in [-0.39, 0.29) is 11.9 Å². The molecule has 0 saturated carbocycles. The molecule has 1 unspecified atom stereocenters. The minimum Gasteiger partial charge on any atom is -0.395 e. The fourth-order valence-electron chi connectivity index (χ4n) is 0.976. The molecule has 0 amide bonds. The normalized spacial score (nSPS) is 13.2. The number of halogens is 1. The molecule has 0 aliphatic rings. The molecule has 0 radical (unpaired) electrons. The number of aliphatic hydroxyl groups excluding tert-OH is 1. The Kier molecular flexibility index (Phi) is 5.02. The maximum absolute atomic E-state index is 8.97. The van der Waals surface area contributed by atoms with Gasteiger partial charge in [0.2, 0.25) is 0 Å². The Bertz CT molecular complexity index is 333. The van der Waals surface area contributed by atoms with E-state index < -0.39 is 0 Å². The zero-order chi connectivity index (χ0) is 11.4. The van der Waals surface area contributed by atoms with Gasteiger partial charge in [0.25, 0.3) is 0 Å². The Morgan fingerprint density at radius 3 is 2.60 bits per heavy atom. The van der Waals surface area contributed by atoms with E-state index in [4.69, 9.17) is 5.11 Å². The number of thioether (sulfide) groups is 1. The lowest BCUT2D eigenvalue weighted by Gasteiger charge is -2.10. The number of aliphatic hydroxyl groups is 1. The van der Waals surface area contributed by atoms with Crippen LogP contribution in [-0.2, 0) is 0 Å². The monoisotopic (exact) mass is 290 g/mol.